The van der Waals surface area contributed by atoms with Crippen molar-refractivity contribution in [3.05, 3.63) is 52.2 Å². The van der Waals surface area contributed by atoms with Crippen molar-refractivity contribution in [2.75, 3.05) is 13.1 Å². The van der Waals surface area contributed by atoms with Gasteiger partial charge in [0.2, 0.25) is 5.91 Å². The van der Waals surface area contributed by atoms with Gasteiger partial charge in [-0.3, -0.25) is 9.36 Å². The van der Waals surface area contributed by atoms with Crippen molar-refractivity contribution in [2.24, 2.45) is 7.05 Å². The fourth-order valence-electron chi connectivity index (χ4n) is 3.38. The van der Waals surface area contributed by atoms with Crippen LogP contribution < -0.4 is 5.69 Å². The lowest BCUT2D eigenvalue weighted by atomic mass is 9.96. The summed E-state index contributed by atoms with van der Waals surface area (Å²) in [5.41, 5.74) is 0.971. The number of amides is 1. The number of benzene rings is 1. The summed E-state index contributed by atoms with van der Waals surface area (Å²) in [6, 6.07) is 9.93. The second-order valence-electron chi connectivity index (χ2n) is 6.37. The third-order valence-electron chi connectivity index (χ3n) is 4.66. The minimum Gasteiger partial charge on any atom is -0.342 e. The number of hydrogen-bond donors (Lipinski definition) is 0. The summed E-state index contributed by atoms with van der Waals surface area (Å²) in [5, 5.41) is 4.48. The number of hydrogen-bond acceptors (Lipinski definition) is 3. The molecule has 2 heterocycles. The second kappa shape index (κ2) is 7.03. The van der Waals surface area contributed by atoms with Crippen LogP contribution in [0.4, 0.5) is 0 Å². The molecule has 1 atom stereocenters. The molecule has 128 valence electrons. The zero-order chi connectivity index (χ0) is 17.1. The molecule has 6 nitrogen and oxygen atoms in total. The van der Waals surface area contributed by atoms with Gasteiger partial charge in [0.1, 0.15) is 5.82 Å². The molecule has 0 bridgehead atoms. The van der Waals surface area contributed by atoms with Gasteiger partial charge in [0.25, 0.3) is 0 Å². The van der Waals surface area contributed by atoms with Gasteiger partial charge in [-0.2, -0.15) is 5.10 Å². The van der Waals surface area contributed by atoms with Crippen molar-refractivity contribution in [1.29, 1.82) is 0 Å². The highest BCUT2D eigenvalue weighted by atomic mass is 16.2. The molecule has 1 aromatic heterocycles. The molecule has 24 heavy (non-hydrogen) atoms. The average molecular weight is 328 g/mol. The lowest BCUT2D eigenvalue weighted by Gasteiger charge is -2.32. The molecule has 0 saturated carbocycles. The normalized spacial score (nSPS) is 17.9. The Bertz CT molecular complexity index is 763. The second-order valence-corrected chi connectivity index (χ2v) is 6.37. The van der Waals surface area contributed by atoms with Crippen LogP contribution in [0.2, 0.25) is 0 Å². The van der Waals surface area contributed by atoms with E-state index in [0.29, 0.717) is 19.5 Å². The molecule has 1 aliphatic rings. The number of likely N-dealkylation sites (tertiary alicyclic amines) is 1. The maximum Gasteiger partial charge on any atom is 0.345 e. The van der Waals surface area contributed by atoms with Gasteiger partial charge >= 0.3 is 5.69 Å². The van der Waals surface area contributed by atoms with Crippen LogP contribution in [0.1, 0.15) is 43.5 Å². The molecular formula is C18H24N4O2. The first-order valence-corrected chi connectivity index (χ1v) is 8.55. The quantitative estimate of drug-likeness (QED) is 0.859. The summed E-state index contributed by atoms with van der Waals surface area (Å²) in [4.78, 5) is 26.4. The van der Waals surface area contributed by atoms with E-state index >= 15 is 0 Å². The van der Waals surface area contributed by atoms with E-state index in [-0.39, 0.29) is 17.5 Å². The molecule has 0 N–H and O–H groups in total. The molecule has 3 rings (SSSR count). The molecule has 1 saturated heterocycles. The Morgan fingerprint density at radius 2 is 2.04 bits per heavy atom. The zero-order valence-corrected chi connectivity index (χ0v) is 14.3. The molecule has 0 spiro atoms. The molecule has 0 aliphatic carbocycles. The Hall–Kier alpha value is -2.37. The Morgan fingerprint density at radius 3 is 2.75 bits per heavy atom. The lowest BCUT2D eigenvalue weighted by Crippen LogP contribution is -2.39. The van der Waals surface area contributed by atoms with Gasteiger partial charge in [-0.05, 0) is 18.4 Å². The van der Waals surface area contributed by atoms with Crippen LogP contribution in [-0.2, 0) is 18.4 Å². The Morgan fingerprint density at radius 1 is 1.29 bits per heavy atom. The molecule has 0 radical (unpaired) electrons. The zero-order valence-electron chi connectivity index (χ0n) is 14.3. The van der Waals surface area contributed by atoms with Crippen molar-refractivity contribution in [3.63, 3.8) is 0 Å². The van der Waals surface area contributed by atoms with Crippen molar-refractivity contribution in [2.45, 2.75) is 38.6 Å². The minimum absolute atomic E-state index is 0.104. The predicted octanol–water partition coefficient (Wildman–Crippen LogP) is 1.75. The number of aryl methyl sites for hydroxylation is 1. The Labute approximate surface area is 141 Å². The maximum atomic E-state index is 12.5. The van der Waals surface area contributed by atoms with Crippen LogP contribution in [0.5, 0.6) is 0 Å². The van der Waals surface area contributed by atoms with E-state index in [1.165, 1.54) is 4.68 Å². The molecule has 6 heteroatoms. The number of piperidine rings is 1. The Kier molecular flexibility index (Phi) is 4.83. The first-order valence-electron chi connectivity index (χ1n) is 8.55. The fraction of sp³-hybridized carbons (Fsp3) is 0.500. The molecule has 1 aromatic carbocycles. The fourth-order valence-corrected chi connectivity index (χ4v) is 3.38. The van der Waals surface area contributed by atoms with E-state index in [4.69, 9.17) is 0 Å². The molecule has 1 aliphatic heterocycles. The number of carbonyl (C=O) groups excluding carboxylic acids is 1. The first kappa shape index (κ1) is 16.5. The van der Waals surface area contributed by atoms with E-state index in [9.17, 15) is 9.59 Å². The number of carbonyl (C=O) groups is 1. The van der Waals surface area contributed by atoms with Crippen molar-refractivity contribution >= 4 is 5.91 Å². The first-order chi connectivity index (χ1) is 11.6. The van der Waals surface area contributed by atoms with Gasteiger partial charge in [-0.25, -0.2) is 9.48 Å². The third-order valence-corrected chi connectivity index (χ3v) is 4.66. The van der Waals surface area contributed by atoms with E-state index < -0.39 is 0 Å². The van der Waals surface area contributed by atoms with Crippen molar-refractivity contribution < 1.29 is 4.79 Å². The highest BCUT2D eigenvalue weighted by molar-refractivity contribution is 5.75. The van der Waals surface area contributed by atoms with Crippen LogP contribution in [-0.4, -0.2) is 38.2 Å². The van der Waals surface area contributed by atoms with Gasteiger partial charge < -0.3 is 4.90 Å². The average Bonchev–Trinajstić information content (AvgIpc) is 2.90. The number of rotatable bonds is 4. The third kappa shape index (κ3) is 3.27. The minimum atomic E-state index is -0.104. The van der Waals surface area contributed by atoms with Crippen LogP contribution in [0, 0.1) is 0 Å². The van der Waals surface area contributed by atoms with E-state index in [2.05, 4.69) is 5.10 Å². The van der Waals surface area contributed by atoms with E-state index in [0.717, 1.165) is 30.8 Å². The monoisotopic (exact) mass is 328 g/mol. The highest BCUT2D eigenvalue weighted by Gasteiger charge is 2.28. The van der Waals surface area contributed by atoms with Gasteiger partial charge in [-0.1, -0.05) is 37.3 Å². The summed E-state index contributed by atoms with van der Waals surface area (Å²) < 4.78 is 3.15. The van der Waals surface area contributed by atoms with Gasteiger partial charge in [0.05, 0.1) is 6.54 Å². The van der Waals surface area contributed by atoms with Crippen LogP contribution in [0.15, 0.2) is 35.1 Å². The standard InChI is InChI=1S/C18H24N4O2/c1-3-16(23)21-11-7-10-15(13-21)17-19-20(2)18(24)22(17)12-14-8-5-4-6-9-14/h4-6,8-9,15H,3,7,10-13H2,1-2H3. The topological polar surface area (TPSA) is 60.1 Å². The lowest BCUT2D eigenvalue weighted by molar-refractivity contribution is -0.132. The van der Waals surface area contributed by atoms with Crippen molar-refractivity contribution in [3.8, 4) is 0 Å². The summed E-state index contributed by atoms with van der Waals surface area (Å²) in [5.74, 6) is 1.08. The van der Waals surface area contributed by atoms with Crippen LogP contribution in [0.25, 0.3) is 0 Å². The van der Waals surface area contributed by atoms with Crippen LogP contribution in [0.3, 0.4) is 0 Å². The molecule has 1 fully saturated rings. The molecule has 1 amide bonds. The maximum absolute atomic E-state index is 12.5. The summed E-state index contributed by atoms with van der Waals surface area (Å²) in [6.45, 7) is 3.86. The van der Waals surface area contributed by atoms with E-state index in [1.807, 2.05) is 42.2 Å². The number of aromatic nitrogens is 3. The summed E-state index contributed by atoms with van der Waals surface area (Å²) >= 11 is 0. The summed E-state index contributed by atoms with van der Waals surface area (Å²) in [7, 11) is 1.69. The smallest absolute Gasteiger partial charge is 0.342 e. The summed E-state index contributed by atoms with van der Waals surface area (Å²) in [6.07, 6.45) is 2.43. The number of nitrogens with zero attached hydrogens (tertiary/aromatic N) is 4. The van der Waals surface area contributed by atoms with Gasteiger partial charge in [0.15, 0.2) is 0 Å². The van der Waals surface area contributed by atoms with Crippen LogP contribution >= 0.6 is 0 Å². The van der Waals surface area contributed by atoms with Crippen molar-refractivity contribution in [1.82, 2.24) is 19.2 Å². The largest absolute Gasteiger partial charge is 0.345 e. The highest BCUT2D eigenvalue weighted by Crippen LogP contribution is 2.25. The molecular weight excluding hydrogens is 304 g/mol. The van der Waals surface area contributed by atoms with Gasteiger partial charge in [-0.15, -0.1) is 0 Å². The van der Waals surface area contributed by atoms with E-state index in [1.54, 1.807) is 11.6 Å². The molecule has 1 unspecified atom stereocenters. The van der Waals surface area contributed by atoms with Gasteiger partial charge in [0, 0.05) is 32.5 Å². The molecule has 2 aromatic rings. The SMILES string of the molecule is CCC(=O)N1CCCC(c2nn(C)c(=O)n2Cc2ccccc2)C1. The predicted molar refractivity (Wildman–Crippen MR) is 91.9 cm³/mol. The Balaban J connectivity index is 1.89.